The number of hydrogen-bond acceptors (Lipinski definition) is 5. The van der Waals surface area contributed by atoms with E-state index in [1.54, 1.807) is 6.92 Å². The second kappa shape index (κ2) is 4.01. The number of rotatable bonds is 2. The third-order valence-electron chi connectivity index (χ3n) is 1.66. The largest absolute Gasteiger partial charge is 0.465 e. The van der Waals surface area contributed by atoms with Gasteiger partial charge in [0.1, 0.15) is 11.4 Å². The molecule has 1 atom stereocenters. The number of H-pyrrole nitrogens is 1. The van der Waals surface area contributed by atoms with Crippen molar-refractivity contribution in [1.82, 2.24) is 9.97 Å². The number of carbonyl (C=O) groups excluding carboxylic acids is 1. The monoisotopic (exact) mass is 197 g/mol. The van der Waals surface area contributed by atoms with Crippen LogP contribution in [0.5, 0.6) is 0 Å². The van der Waals surface area contributed by atoms with Gasteiger partial charge in [-0.3, -0.25) is 4.79 Å². The highest BCUT2D eigenvalue weighted by Crippen LogP contribution is 1.99. The molecule has 3 N–H and O–H groups in total. The van der Waals surface area contributed by atoms with E-state index in [0.29, 0.717) is 5.82 Å². The van der Waals surface area contributed by atoms with Crippen molar-refractivity contribution in [2.45, 2.75) is 13.0 Å². The maximum Gasteiger partial charge on any atom is 0.345 e. The number of nitrogens with two attached hydrogens (primary N) is 1. The van der Waals surface area contributed by atoms with Crippen molar-refractivity contribution in [2.75, 3.05) is 7.11 Å². The minimum Gasteiger partial charge on any atom is -0.465 e. The second-order valence-corrected chi connectivity index (χ2v) is 2.79. The molecule has 0 saturated heterocycles. The zero-order valence-electron chi connectivity index (χ0n) is 7.90. The van der Waals surface area contributed by atoms with Crippen molar-refractivity contribution in [1.29, 1.82) is 0 Å². The summed E-state index contributed by atoms with van der Waals surface area (Å²) in [4.78, 5) is 28.5. The Balaban J connectivity index is 3.14. The van der Waals surface area contributed by atoms with E-state index in [1.165, 1.54) is 7.11 Å². The summed E-state index contributed by atoms with van der Waals surface area (Å²) in [6, 6.07) is -0.380. The predicted octanol–water partition coefficient (Wildman–Crippen LogP) is -0.424. The fourth-order valence-corrected chi connectivity index (χ4v) is 0.895. The number of aromatic nitrogens is 2. The summed E-state index contributed by atoms with van der Waals surface area (Å²) < 4.78 is 4.39. The van der Waals surface area contributed by atoms with Crippen LogP contribution in [0.15, 0.2) is 11.0 Å². The molecule has 1 aromatic rings. The van der Waals surface area contributed by atoms with Crippen LogP contribution in [0.2, 0.25) is 0 Å². The summed E-state index contributed by atoms with van der Waals surface area (Å²) in [5.74, 6) is -0.377. The number of ether oxygens (including phenoxy) is 1. The van der Waals surface area contributed by atoms with Gasteiger partial charge in [0.25, 0.3) is 5.56 Å². The van der Waals surface area contributed by atoms with E-state index in [2.05, 4.69) is 14.7 Å². The zero-order chi connectivity index (χ0) is 10.7. The first-order chi connectivity index (χ1) is 6.56. The second-order valence-electron chi connectivity index (χ2n) is 2.79. The first-order valence-electron chi connectivity index (χ1n) is 3.99. The number of carbonyl (C=O) groups is 1. The molecule has 1 heterocycles. The van der Waals surface area contributed by atoms with Crippen LogP contribution in [0.25, 0.3) is 0 Å². The Morgan fingerprint density at radius 3 is 2.79 bits per heavy atom. The summed E-state index contributed by atoms with van der Waals surface area (Å²) in [5.41, 5.74) is 4.82. The molecule has 0 aliphatic heterocycles. The van der Waals surface area contributed by atoms with E-state index in [9.17, 15) is 9.59 Å². The fraction of sp³-hybridized carbons (Fsp3) is 0.375. The van der Waals surface area contributed by atoms with Crippen molar-refractivity contribution in [3.8, 4) is 0 Å². The molecule has 0 spiro atoms. The molecule has 6 heteroatoms. The van der Waals surface area contributed by atoms with Crippen molar-refractivity contribution >= 4 is 5.97 Å². The van der Waals surface area contributed by atoms with Gasteiger partial charge in [-0.15, -0.1) is 0 Å². The van der Waals surface area contributed by atoms with Crippen LogP contribution in [0, 0.1) is 0 Å². The molecule has 1 rings (SSSR count). The number of methoxy groups -OCH3 is 1. The molecule has 0 aromatic carbocycles. The van der Waals surface area contributed by atoms with Crippen LogP contribution in [-0.2, 0) is 4.74 Å². The highest BCUT2D eigenvalue weighted by Gasteiger charge is 2.12. The quantitative estimate of drug-likeness (QED) is 0.627. The standard InChI is InChI=1S/C8H11N3O3/c1-4(9)6-10-3-5(7(12)11-6)8(13)14-2/h3-4H,9H2,1-2H3,(H,10,11,12). The van der Waals surface area contributed by atoms with Crippen LogP contribution < -0.4 is 11.3 Å². The number of nitrogens with one attached hydrogen (secondary N) is 1. The average Bonchev–Trinajstić information content (AvgIpc) is 2.16. The van der Waals surface area contributed by atoms with Gasteiger partial charge in [-0.25, -0.2) is 9.78 Å². The van der Waals surface area contributed by atoms with E-state index in [-0.39, 0.29) is 11.6 Å². The summed E-state index contributed by atoms with van der Waals surface area (Å²) in [5, 5.41) is 0. The minimum atomic E-state index is -0.713. The molecule has 76 valence electrons. The lowest BCUT2D eigenvalue weighted by Crippen LogP contribution is -2.23. The highest BCUT2D eigenvalue weighted by atomic mass is 16.5. The third kappa shape index (κ3) is 1.97. The smallest absolute Gasteiger partial charge is 0.345 e. The summed E-state index contributed by atoms with van der Waals surface area (Å²) in [6.07, 6.45) is 1.16. The molecule has 0 fully saturated rings. The van der Waals surface area contributed by atoms with E-state index in [4.69, 9.17) is 5.73 Å². The molecular formula is C8H11N3O3. The van der Waals surface area contributed by atoms with Gasteiger partial charge < -0.3 is 15.5 Å². The molecule has 0 aliphatic rings. The fourth-order valence-electron chi connectivity index (χ4n) is 0.895. The SMILES string of the molecule is COC(=O)c1cnc(C(C)N)[nH]c1=O. The van der Waals surface area contributed by atoms with Crippen LogP contribution in [-0.4, -0.2) is 23.0 Å². The van der Waals surface area contributed by atoms with Gasteiger partial charge in [0.2, 0.25) is 0 Å². The molecule has 0 aliphatic carbocycles. The summed E-state index contributed by atoms with van der Waals surface area (Å²) in [6.45, 7) is 1.68. The lowest BCUT2D eigenvalue weighted by Gasteiger charge is -2.04. The van der Waals surface area contributed by atoms with Crippen LogP contribution in [0.1, 0.15) is 29.1 Å². The predicted molar refractivity (Wildman–Crippen MR) is 48.8 cm³/mol. The average molecular weight is 197 g/mol. The molecule has 0 radical (unpaired) electrons. The number of hydrogen-bond donors (Lipinski definition) is 2. The molecular weight excluding hydrogens is 186 g/mol. The molecule has 0 saturated carbocycles. The summed E-state index contributed by atoms with van der Waals surface area (Å²) >= 11 is 0. The van der Waals surface area contributed by atoms with Gasteiger partial charge in [-0.1, -0.05) is 0 Å². The Bertz CT molecular complexity index is 397. The van der Waals surface area contributed by atoms with Crippen LogP contribution in [0.4, 0.5) is 0 Å². The highest BCUT2D eigenvalue weighted by molar-refractivity contribution is 5.88. The maximum absolute atomic E-state index is 11.3. The zero-order valence-corrected chi connectivity index (χ0v) is 7.90. The Labute approximate surface area is 80.1 Å². The molecule has 0 amide bonds. The van der Waals surface area contributed by atoms with E-state index in [0.717, 1.165) is 6.20 Å². The van der Waals surface area contributed by atoms with Gasteiger partial charge in [-0.05, 0) is 6.92 Å². The molecule has 0 bridgehead atoms. The Morgan fingerprint density at radius 1 is 1.71 bits per heavy atom. The molecule has 14 heavy (non-hydrogen) atoms. The number of esters is 1. The van der Waals surface area contributed by atoms with Crippen molar-refractivity contribution in [3.05, 3.63) is 27.9 Å². The van der Waals surface area contributed by atoms with Gasteiger partial charge in [0.15, 0.2) is 0 Å². The number of nitrogens with zero attached hydrogens (tertiary/aromatic N) is 1. The lowest BCUT2D eigenvalue weighted by atomic mass is 10.3. The molecule has 1 unspecified atom stereocenters. The third-order valence-corrected chi connectivity index (χ3v) is 1.66. The van der Waals surface area contributed by atoms with Crippen LogP contribution in [0.3, 0.4) is 0 Å². The van der Waals surface area contributed by atoms with Crippen LogP contribution >= 0.6 is 0 Å². The van der Waals surface area contributed by atoms with E-state index >= 15 is 0 Å². The molecule has 1 aromatic heterocycles. The van der Waals surface area contributed by atoms with E-state index in [1.807, 2.05) is 0 Å². The lowest BCUT2D eigenvalue weighted by molar-refractivity contribution is 0.0598. The van der Waals surface area contributed by atoms with Gasteiger partial charge in [-0.2, -0.15) is 0 Å². The summed E-state index contributed by atoms with van der Waals surface area (Å²) in [7, 11) is 1.20. The minimum absolute atomic E-state index is 0.128. The topological polar surface area (TPSA) is 98.1 Å². The number of aromatic amines is 1. The van der Waals surface area contributed by atoms with Gasteiger partial charge >= 0.3 is 5.97 Å². The first-order valence-corrected chi connectivity index (χ1v) is 3.99. The van der Waals surface area contributed by atoms with E-state index < -0.39 is 11.5 Å². The Hall–Kier alpha value is -1.69. The Kier molecular flexibility index (Phi) is 2.98. The van der Waals surface area contributed by atoms with Gasteiger partial charge in [0, 0.05) is 6.20 Å². The maximum atomic E-state index is 11.3. The van der Waals surface area contributed by atoms with Gasteiger partial charge in [0.05, 0.1) is 13.2 Å². The first kappa shape index (κ1) is 10.4. The van der Waals surface area contributed by atoms with Crippen molar-refractivity contribution in [3.63, 3.8) is 0 Å². The Morgan fingerprint density at radius 2 is 2.36 bits per heavy atom. The van der Waals surface area contributed by atoms with Crippen molar-refractivity contribution in [2.24, 2.45) is 5.73 Å². The van der Waals surface area contributed by atoms with Crippen molar-refractivity contribution < 1.29 is 9.53 Å². The molecule has 6 nitrogen and oxygen atoms in total. The normalized spacial score (nSPS) is 12.2.